The van der Waals surface area contributed by atoms with Crippen LogP contribution in [0, 0.1) is 20.8 Å². The number of nitrogens with zero attached hydrogens (tertiary/aromatic N) is 2. The normalized spacial score (nSPS) is 12.0. The molecule has 214 valence electrons. The summed E-state index contributed by atoms with van der Waals surface area (Å²) in [6, 6.07) is 20.8. The van der Waals surface area contributed by atoms with Gasteiger partial charge in [0.1, 0.15) is 12.6 Å². The van der Waals surface area contributed by atoms with Crippen molar-refractivity contribution in [2.24, 2.45) is 0 Å². The smallest absolute Gasteiger partial charge is 0.264 e. The summed E-state index contributed by atoms with van der Waals surface area (Å²) in [6.45, 7) is 9.78. The van der Waals surface area contributed by atoms with E-state index in [1.165, 1.54) is 9.21 Å². The van der Waals surface area contributed by atoms with Gasteiger partial charge in [-0.1, -0.05) is 80.4 Å². The number of aryl methyl sites for hydroxylation is 3. The van der Waals surface area contributed by atoms with Crippen LogP contribution in [0.3, 0.4) is 0 Å². The highest BCUT2D eigenvalue weighted by atomic mass is 32.2. The van der Waals surface area contributed by atoms with E-state index in [9.17, 15) is 18.0 Å². The lowest BCUT2D eigenvalue weighted by Gasteiger charge is -2.33. The molecule has 8 heteroatoms. The lowest BCUT2D eigenvalue weighted by molar-refractivity contribution is -0.140. The fourth-order valence-electron chi connectivity index (χ4n) is 4.54. The molecule has 0 aliphatic carbocycles. The number of carbonyl (C=O) groups excluding carboxylic acids is 2. The Morgan fingerprint density at radius 3 is 2.15 bits per heavy atom. The zero-order chi connectivity index (χ0) is 29.3. The van der Waals surface area contributed by atoms with Gasteiger partial charge in [-0.2, -0.15) is 0 Å². The molecule has 0 radical (unpaired) electrons. The van der Waals surface area contributed by atoms with Crippen molar-refractivity contribution in [3.05, 3.63) is 95.1 Å². The van der Waals surface area contributed by atoms with Gasteiger partial charge in [0.05, 0.1) is 10.6 Å². The molecule has 0 heterocycles. The molecule has 2 amide bonds. The third kappa shape index (κ3) is 7.72. The molecule has 0 fully saturated rings. The monoisotopic (exact) mass is 563 g/mol. The third-order valence-electron chi connectivity index (χ3n) is 6.93. The van der Waals surface area contributed by atoms with Crippen molar-refractivity contribution in [1.82, 2.24) is 10.2 Å². The highest BCUT2D eigenvalue weighted by molar-refractivity contribution is 7.92. The Morgan fingerprint density at radius 1 is 0.875 bits per heavy atom. The fourth-order valence-corrected chi connectivity index (χ4v) is 6.02. The summed E-state index contributed by atoms with van der Waals surface area (Å²) in [5, 5.41) is 2.95. The van der Waals surface area contributed by atoms with E-state index >= 15 is 0 Å². The van der Waals surface area contributed by atoms with Crippen molar-refractivity contribution in [3.63, 3.8) is 0 Å². The Morgan fingerprint density at radius 2 is 1.52 bits per heavy atom. The van der Waals surface area contributed by atoms with Crippen molar-refractivity contribution >= 4 is 27.5 Å². The van der Waals surface area contributed by atoms with E-state index in [-0.39, 0.29) is 17.3 Å². The second-order valence-corrected chi connectivity index (χ2v) is 12.1. The molecular formula is C32H41N3O4S. The van der Waals surface area contributed by atoms with Gasteiger partial charge in [0.2, 0.25) is 11.8 Å². The van der Waals surface area contributed by atoms with Gasteiger partial charge in [-0.05, 0) is 68.5 Å². The van der Waals surface area contributed by atoms with Gasteiger partial charge in [0.25, 0.3) is 10.0 Å². The summed E-state index contributed by atoms with van der Waals surface area (Å²) in [7, 11) is -4.10. The number of unbranched alkanes of at least 4 members (excludes halogenated alkanes) is 1. The topological polar surface area (TPSA) is 86.8 Å². The summed E-state index contributed by atoms with van der Waals surface area (Å²) in [4.78, 5) is 29.0. The van der Waals surface area contributed by atoms with Gasteiger partial charge in [0, 0.05) is 13.1 Å². The molecule has 3 aromatic carbocycles. The van der Waals surface area contributed by atoms with Gasteiger partial charge >= 0.3 is 0 Å². The van der Waals surface area contributed by atoms with Crippen LogP contribution in [0.5, 0.6) is 0 Å². The number of amides is 2. The number of anilines is 1. The average Bonchev–Trinajstić information content (AvgIpc) is 2.93. The Bertz CT molecular complexity index is 1390. The summed E-state index contributed by atoms with van der Waals surface area (Å²) < 4.78 is 29.3. The molecule has 1 atom stereocenters. The molecule has 0 aliphatic heterocycles. The van der Waals surface area contributed by atoms with E-state index in [4.69, 9.17) is 0 Å². The van der Waals surface area contributed by atoms with Crippen LogP contribution in [0.15, 0.2) is 77.7 Å². The molecule has 0 spiro atoms. The largest absolute Gasteiger partial charge is 0.354 e. The van der Waals surface area contributed by atoms with Crippen LogP contribution in [-0.2, 0) is 26.2 Å². The Labute approximate surface area is 239 Å². The van der Waals surface area contributed by atoms with Crippen LogP contribution in [0.4, 0.5) is 5.69 Å². The molecule has 40 heavy (non-hydrogen) atoms. The first-order valence-electron chi connectivity index (χ1n) is 13.9. The SMILES string of the molecule is CCCCNC(=O)[C@H](CC)N(Cc1ccccc1)C(=O)CN(c1cc(C)ccc1C)S(=O)(=O)c1ccc(C)cc1. The van der Waals surface area contributed by atoms with E-state index in [1.807, 2.05) is 77.1 Å². The van der Waals surface area contributed by atoms with Crippen LogP contribution >= 0.6 is 0 Å². The summed E-state index contributed by atoms with van der Waals surface area (Å²) in [5.74, 6) is -0.683. The maximum atomic E-state index is 14.1. The van der Waals surface area contributed by atoms with Crippen LogP contribution in [-0.4, -0.2) is 44.3 Å². The van der Waals surface area contributed by atoms with E-state index in [1.54, 1.807) is 30.3 Å². The molecule has 1 N–H and O–H groups in total. The predicted octanol–water partition coefficient (Wildman–Crippen LogP) is 5.53. The molecule has 0 saturated carbocycles. The van der Waals surface area contributed by atoms with E-state index in [2.05, 4.69) is 5.32 Å². The third-order valence-corrected chi connectivity index (χ3v) is 8.71. The number of benzene rings is 3. The molecule has 0 aromatic heterocycles. The summed E-state index contributed by atoms with van der Waals surface area (Å²) in [6.07, 6.45) is 2.17. The summed E-state index contributed by atoms with van der Waals surface area (Å²) in [5.41, 5.74) is 3.83. The highest BCUT2D eigenvalue weighted by Crippen LogP contribution is 2.29. The van der Waals surface area contributed by atoms with Gasteiger partial charge in [-0.25, -0.2) is 8.42 Å². The number of rotatable bonds is 13. The number of hydrogen-bond acceptors (Lipinski definition) is 4. The van der Waals surface area contributed by atoms with Crippen molar-refractivity contribution in [2.45, 2.75) is 71.4 Å². The maximum absolute atomic E-state index is 14.1. The fraction of sp³-hybridized carbons (Fsp3) is 0.375. The Kier molecular flexibility index (Phi) is 10.9. The van der Waals surface area contributed by atoms with Crippen molar-refractivity contribution < 1.29 is 18.0 Å². The molecule has 3 aromatic rings. The van der Waals surface area contributed by atoms with Gasteiger partial charge in [-0.3, -0.25) is 13.9 Å². The van der Waals surface area contributed by atoms with Gasteiger partial charge < -0.3 is 10.2 Å². The Hall–Kier alpha value is -3.65. The zero-order valence-corrected chi connectivity index (χ0v) is 25.0. The quantitative estimate of drug-likeness (QED) is 0.277. The van der Waals surface area contributed by atoms with Crippen LogP contribution in [0.1, 0.15) is 55.4 Å². The van der Waals surface area contributed by atoms with Gasteiger partial charge in [0.15, 0.2) is 0 Å². The van der Waals surface area contributed by atoms with Crippen LogP contribution in [0.25, 0.3) is 0 Å². The maximum Gasteiger partial charge on any atom is 0.264 e. The number of carbonyl (C=O) groups is 2. The van der Waals surface area contributed by atoms with E-state index in [0.717, 1.165) is 35.1 Å². The second-order valence-electron chi connectivity index (χ2n) is 10.2. The minimum absolute atomic E-state index is 0.103. The molecular weight excluding hydrogens is 522 g/mol. The van der Waals surface area contributed by atoms with Gasteiger partial charge in [-0.15, -0.1) is 0 Å². The lowest BCUT2D eigenvalue weighted by Crippen LogP contribution is -2.52. The predicted molar refractivity (Wildman–Crippen MR) is 161 cm³/mol. The van der Waals surface area contributed by atoms with Crippen molar-refractivity contribution in [2.75, 3.05) is 17.4 Å². The number of nitrogens with one attached hydrogen (secondary N) is 1. The second kappa shape index (κ2) is 14.1. The van der Waals surface area contributed by atoms with E-state index in [0.29, 0.717) is 18.7 Å². The molecule has 0 bridgehead atoms. The number of sulfonamides is 1. The number of hydrogen-bond donors (Lipinski definition) is 1. The first-order valence-corrected chi connectivity index (χ1v) is 15.3. The molecule has 0 unspecified atom stereocenters. The van der Waals surface area contributed by atoms with Crippen LogP contribution < -0.4 is 9.62 Å². The standard InChI is InChI=1S/C32H41N3O4S/c1-6-8-20-33-32(37)29(7-2)34(22-27-12-10-9-11-13-27)31(36)23-35(30-21-25(4)14-17-26(30)5)40(38,39)28-18-15-24(3)16-19-28/h9-19,21,29H,6-8,20,22-23H2,1-5H3,(H,33,37)/t29-/m0/s1. The first-order chi connectivity index (χ1) is 19.1. The van der Waals surface area contributed by atoms with E-state index < -0.39 is 28.5 Å². The molecule has 3 rings (SSSR count). The minimum Gasteiger partial charge on any atom is -0.354 e. The Balaban J connectivity index is 2.06. The highest BCUT2D eigenvalue weighted by Gasteiger charge is 2.34. The molecule has 7 nitrogen and oxygen atoms in total. The molecule has 0 aliphatic rings. The first kappa shape index (κ1) is 30.9. The zero-order valence-electron chi connectivity index (χ0n) is 24.2. The minimum atomic E-state index is -4.10. The summed E-state index contributed by atoms with van der Waals surface area (Å²) >= 11 is 0. The lowest BCUT2D eigenvalue weighted by atomic mass is 10.1. The van der Waals surface area contributed by atoms with Crippen molar-refractivity contribution in [3.8, 4) is 0 Å². The average molecular weight is 564 g/mol. The van der Waals surface area contributed by atoms with Crippen molar-refractivity contribution in [1.29, 1.82) is 0 Å². The molecule has 0 saturated heterocycles. The van der Waals surface area contributed by atoms with Crippen LogP contribution in [0.2, 0.25) is 0 Å².